The molecular weight excluding hydrogens is 296 g/mol. The van der Waals surface area contributed by atoms with Crippen LogP contribution in [0.1, 0.15) is 0 Å². The molecule has 5 nitrogen and oxygen atoms in total. The summed E-state index contributed by atoms with van der Waals surface area (Å²) in [6.45, 7) is 0. The van der Waals surface area contributed by atoms with Gasteiger partial charge in [0.05, 0.1) is 0 Å². The van der Waals surface area contributed by atoms with Crippen LogP contribution in [0.4, 0.5) is 0 Å². The predicted molar refractivity (Wildman–Crippen MR) is 77.9 cm³/mol. The molecule has 0 aliphatic heterocycles. The van der Waals surface area contributed by atoms with E-state index in [0.717, 1.165) is 6.07 Å². The second kappa shape index (κ2) is 4.71. The molecule has 3 aromatic rings. The van der Waals surface area contributed by atoms with Gasteiger partial charge in [0.2, 0.25) is 5.75 Å². The Kier molecular flexibility index (Phi) is 2.99. The van der Waals surface area contributed by atoms with E-state index in [-0.39, 0.29) is 16.7 Å². The summed E-state index contributed by atoms with van der Waals surface area (Å²) in [5.74, 6) is -1.78. The van der Waals surface area contributed by atoms with Gasteiger partial charge >= 0.3 is 0 Å². The van der Waals surface area contributed by atoms with Crippen LogP contribution in [0.25, 0.3) is 22.3 Å². The second-order valence-corrected chi connectivity index (χ2v) is 4.88. The lowest BCUT2D eigenvalue weighted by atomic mass is 10.1. The first-order chi connectivity index (χ1) is 9.97. The number of phenolic OH excluding ortho intramolecular Hbond substituents is 3. The fourth-order valence-corrected chi connectivity index (χ4v) is 2.16. The van der Waals surface area contributed by atoms with Gasteiger partial charge in [-0.1, -0.05) is 11.6 Å². The van der Waals surface area contributed by atoms with Crippen molar-refractivity contribution in [2.45, 2.75) is 0 Å². The summed E-state index contributed by atoms with van der Waals surface area (Å²) in [6.07, 6.45) is 0. The van der Waals surface area contributed by atoms with E-state index in [0.29, 0.717) is 10.6 Å². The fourth-order valence-electron chi connectivity index (χ4n) is 2.04. The average Bonchev–Trinajstić information content (AvgIpc) is 2.45. The quantitative estimate of drug-likeness (QED) is 0.600. The third-order valence-electron chi connectivity index (χ3n) is 3.08. The van der Waals surface area contributed by atoms with Crippen molar-refractivity contribution in [3.8, 4) is 28.6 Å². The van der Waals surface area contributed by atoms with Crippen molar-refractivity contribution in [3.05, 3.63) is 51.6 Å². The van der Waals surface area contributed by atoms with Crippen LogP contribution >= 0.6 is 11.6 Å². The van der Waals surface area contributed by atoms with Crippen LogP contribution in [-0.2, 0) is 0 Å². The highest BCUT2D eigenvalue weighted by Gasteiger charge is 2.17. The molecule has 1 aromatic heterocycles. The summed E-state index contributed by atoms with van der Waals surface area (Å²) < 4.78 is 5.51. The molecule has 0 spiro atoms. The molecule has 0 saturated carbocycles. The highest BCUT2D eigenvalue weighted by molar-refractivity contribution is 6.30. The minimum atomic E-state index is -0.756. The molecule has 21 heavy (non-hydrogen) atoms. The summed E-state index contributed by atoms with van der Waals surface area (Å²) in [6, 6.07) is 8.91. The molecule has 6 heteroatoms. The summed E-state index contributed by atoms with van der Waals surface area (Å²) in [4.78, 5) is 12.1. The van der Waals surface area contributed by atoms with E-state index >= 15 is 0 Å². The van der Waals surface area contributed by atoms with E-state index in [2.05, 4.69) is 0 Å². The Morgan fingerprint density at radius 3 is 2.29 bits per heavy atom. The maximum atomic E-state index is 12.1. The van der Waals surface area contributed by atoms with Crippen LogP contribution in [0, 0.1) is 0 Å². The van der Waals surface area contributed by atoms with E-state index in [1.165, 1.54) is 6.07 Å². The lowest BCUT2D eigenvalue weighted by Gasteiger charge is -2.07. The number of rotatable bonds is 1. The first-order valence-electron chi connectivity index (χ1n) is 5.95. The molecule has 0 unspecified atom stereocenters. The summed E-state index contributed by atoms with van der Waals surface area (Å²) >= 11 is 5.80. The van der Waals surface area contributed by atoms with Gasteiger partial charge in [-0.15, -0.1) is 0 Å². The Morgan fingerprint density at radius 2 is 1.62 bits per heavy atom. The van der Waals surface area contributed by atoms with Crippen molar-refractivity contribution in [2.75, 3.05) is 0 Å². The monoisotopic (exact) mass is 304 g/mol. The zero-order valence-electron chi connectivity index (χ0n) is 10.5. The van der Waals surface area contributed by atoms with Gasteiger partial charge in [0.25, 0.3) is 0 Å². The smallest absolute Gasteiger partial charge is 0.201 e. The van der Waals surface area contributed by atoms with Gasteiger partial charge in [-0.3, -0.25) is 4.79 Å². The maximum Gasteiger partial charge on any atom is 0.201 e. The fraction of sp³-hybridized carbons (Fsp3) is 0. The zero-order chi connectivity index (χ0) is 15.1. The molecular formula is C15H9ClO5. The third kappa shape index (κ3) is 2.17. The Bertz CT molecular complexity index is 897. The highest BCUT2D eigenvalue weighted by atomic mass is 35.5. The van der Waals surface area contributed by atoms with Gasteiger partial charge < -0.3 is 19.7 Å². The lowest BCUT2D eigenvalue weighted by Crippen LogP contribution is -2.00. The Balaban J connectivity index is 2.31. The Hall–Kier alpha value is -2.66. The van der Waals surface area contributed by atoms with Crippen molar-refractivity contribution >= 4 is 22.6 Å². The van der Waals surface area contributed by atoms with E-state index in [9.17, 15) is 20.1 Å². The van der Waals surface area contributed by atoms with Crippen LogP contribution in [0.15, 0.2) is 45.6 Å². The minimum Gasteiger partial charge on any atom is -0.504 e. The number of phenols is 3. The SMILES string of the molecule is O=c1cc(-c2ccc(Cl)cc2)oc2cc(O)c(O)c(O)c12. The standard InChI is InChI=1S/C15H9ClO5/c16-8-3-1-7(2-4-8)11-5-9(17)13-12(21-11)6-10(18)14(19)15(13)20/h1-6,18-20H. The van der Waals surface area contributed by atoms with Gasteiger partial charge in [-0.2, -0.15) is 0 Å². The molecule has 0 radical (unpaired) electrons. The van der Waals surface area contributed by atoms with E-state index in [4.69, 9.17) is 16.0 Å². The number of fused-ring (bicyclic) bond motifs is 1. The van der Waals surface area contributed by atoms with E-state index < -0.39 is 22.7 Å². The van der Waals surface area contributed by atoms with Crippen molar-refractivity contribution in [3.63, 3.8) is 0 Å². The van der Waals surface area contributed by atoms with Crippen LogP contribution in [0.5, 0.6) is 17.2 Å². The van der Waals surface area contributed by atoms with Crippen LogP contribution in [0.3, 0.4) is 0 Å². The summed E-state index contributed by atoms with van der Waals surface area (Å²) in [7, 11) is 0. The van der Waals surface area contributed by atoms with Gasteiger partial charge in [-0.05, 0) is 24.3 Å². The molecule has 0 aliphatic rings. The topological polar surface area (TPSA) is 90.9 Å². The average molecular weight is 305 g/mol. The second-order valence-electron chi connectivity index (χ2n) is 4.45. The Morgan fingerprint density at radius 1 is 0.952 bits per heavy atom. The van der Waals surface area contributed by atoms with Crippen molar-refractivity contribution in [2.24, 2.45) is 0 Å². The molecule has 0 aliphatic carbocycles. The van der Waals surface area contributed by atoms with Crippen LogP contribution < -0.4 is 5.43 Å². The summed E-state index contributed by atoms with van der Waals surface area (Å²) in [5.41, 5.74) is 0.0553. The molecule has 0 saturated heterocycles. The highest BCUT2D eigenvalue weighted by Crippen LogP contribution is 2.40. The first kappa shape index (κ1) is 13.3. The van der Waals surface area contributed by atoms with Gasteiger partial charge in [0.15, 0.2) is 16.9 Å². The minimum absolute atomic E-state index is 0.0275. The van der Waals surface area contributed by atoms with Gasteiger partial charge in [-0.25, -0.2) is 0 Å². The molecule has 3 rings (SSSR count). The normalized spacial score (nSPS) is 10.9. The summed E-state index contributed by atoms with van der Waals surface area (Å²) in [5, 5.41) is 29.0. The largest absolute Gasteiger partial charge is 0.504 e. The third-order valence-corrected chi connectivity index (χ3v) is 3.33. The molecule has 0 amide bonds. The number of benzene rings is 2. The zero-order valence-corrected chi connectivity index (χ0v) is 11.3. The number of hydrogen-bond donors (Lipinski definition) is 3. The van der Waals surface area contributed by atoms with Crippen molar-refractivity contribution < 1.29 is 19.7 Å². The molecule has 0 atom stereocenters. The van der Waals surface area contributed by atoms with Crippen LogP contribution in [0.2, 0.25) is 5.02 Å². The van der Waals surface area contributed by atoms with Crippen LogP contribution in [-0.4, -0.2) is 15.3 Å². The number of aromatic hydroxyl groups is 3. The van der Waals surface area contributed by atoms with Crippen molar-refractivity contribution in [1.82, 2.24) is 0 Å². The maximum absolute atomic E-state index is 12.1. The predicted octanol–water partition coefficient (Wildman–Crippen LogP) is 3.23. The van der Waals surface area contributed by atoms with E-state index in [1.54, 1.807) is 24.3 Å². The molecule has 3 N–H and O–H groups in total. The van der Waals surface area contributed by atoms with Gasteiger partial charge in [0.1, 0.15) is 16.7 Å². The van der Waals surface area contributed by atoms with Crippen molar-refractivity contribution in [1.29, 1.82) is 0 Å². The molecule has 0 bridgehead atoms. The van der Waals surface area contributed by atoms with E-state index in [1.807, 2.05) is 0 Å². The molecule has 0 fully saturated rings. The molecule has 2 aromatic carbocycles. The van der Waals surface area contributed by atoms with Gasteiger partial charge in [0, 0.05) is 22.7 Å². The number of hydrogen-bond acceptors (Lipinski definition) is 5. The first-order valence-corrected chi connectivity index (χ1v) is 6.33. The Labute approximate surface area is 123 Å². The number of halogens is 1. The lowest BCUT2D eigenvalue weighted by molar-refractivity contribution is 0.370. The molecule has 106 valence electrons. The molecule has 1 heterocycles.